The van der Waals surface area contributed by atoms with Gasteiger partial charge < -0.3 is 30.8 Å². The quantitative estimate of drug-likeness (QED) is 0.200. The number of aromatic nitrogens is 2. The van der Waals surface area contributed by atoms with E-state index in [1.54, 1.807) is 0 Å². The molecule has 4 rings (SSSR count). The highest BCUT2D eigenvalue weighted by atomic mass is 16.4. The zero-order valence-corrected chi connectivity index (χ0v) is 25.8. The van der Waals surface area contributed by atoms with Crippen molar-refractivity contribution in [2.24, 2.45) is 0 Å². The Balaban J connectivity index is 1.75. The number of H-pyrrole nitrogens is 2. The molecule has 43 heavy (non-hydrogen) atoms. The minimum absolute atomic E-state index is 0.0252. The molecule has 2 aromatic heterocycles. The van der Waals surface area contributed by atoms with Crippen molar-refractivity contribution in [1.82, 2.24) is 20.6 Å². The lowest BCUT2D eigenvalue weighted by Crippen LogP contribution is -2.31. The Hall–Kier alpha value is -4.34. The van der Waals surface area contributed by atoms with Gasteiger partial charge in [0.2, 0.25) is 5.91 Å². The largest absolute Gasteiger partial charge is 0.481 e. The van der Waals surface area contributed by atoms with Crippen molar-refractivity contribution in [2.75, 3.05) is 0 Å². The number of aromatic amines is 2. The molecule has 0 aliphatic carbocycles. The molecule has 0 unspecified atom stereocenters. The van der Waals surface area contributed by atoms with E-state index in [1.165, 1.54) is 0 Å². The molecule has 0 radical (unpaired) electrons. The number of carbonyl (C=O) groups excluding carboxylic acids is 2. The predicted molar refractivity (Wildman–Crippen MR) is 164 cm³/mol. The molecule has 0 fully saturated rings. The molecule has 6 N–H and O–H groups in total. The summed E-state index contributed by atoms with van der Waals surface area (Å²) < 4.78 is 0. The van der Waals surface area contributed by atoms with Gasteiger partial charge >= 0.3 is 11.9 Å². The minimum Gasteiger partial charge on any atom is -0.481 e. The van der Waals surface area contributed by atoms with E-state index in [9.17, 15) is 29.4 Å². The molecule has 0 saturated heterocycles. The second-order valence-corrected chi connectivity index (χ2v) is 11.5. The second kappa shape index (κ2) is 12.9. The number of hydrogen-bond donors (Lipinski definition) is 6. The van der Waals surface area contributed by atoms with Crippen molar-refractivity contribution < 1.29 is 29.4 Å². The van der Waals surface area contributed by atoms with Gasteiger partial charge in [-0.3, -0.25) is 19.2 Å². The van der Waals surface area contributed by atoms with Crippen LogP contribution in [0.1, 0.15) is 98.4 Å². The lowest BCUT2D eigenvalue weighted by Gasteiger charge is -2.14. The van der Waals surface area contributed by atoms with E-state index in [0.717, 1.165) is 79.4 Å². The van der Waals surface area contributed by atoms with Gasteiger partial charge in [0.25, 0.3) is 5.91 Å². The first-order chi connectivity index (χ1) is 20.4. The molecule has 230 valence electrons. The zero-order chi connectivity index (χ0) is 31.6. The summed E-state index contributed by atoms with van der Waals surface area (Å²) in [6.45, 7) is 11.7. The maximum absolute atomic E-state index is 12.4. The average molecular weight is 591 g/mol. The van der Waals surface area contributed by atoms with Crippen molar-refractivity contribution in [3.63, 3.8) is 0 Å². The van der Waals surface area contributed by atoms with Gasteiger partial charge in [-0.05, 0) is 92.9 Å². The SMILES string of the molecule is CCC1=C(C)/C(=C/c2[nH]c(Cc3[nH]c(C[C@H]4NC(=O)C(C)=C4CC)c(C)c3CCC(=O)O)c(CCC(=O)O)c2C)NC1=O. The third-order valence-corrected chi connectivity index (χ3v) is 8.97. The normalized spacial score (nSPS) is 17.8. The van der Waals surface area contributed by atoms with Gasteiger partial charge in [-0.1, -0.05) is 13.8 Å². The molecular weight excluding hydrogens is 548 g/mol. The number of hydrogen-bond acceptors (Lipinski definition) is 4. The first-order valence-corrected chi connectivity index (χ1v) is 14.9. The maximum Gasteiger partial charge on any atom is 0.303 e. The Bertz CT molecular complexity index is 1580. The highest BCUT2D eigenvalue weighted by Crippen LogP contribution is 2.31. The molecule has 0 saturated carbocycles. The zero-order valence-electron chi connectivity index (χ0n) is 25.8. The van der Waals surface area contributed by atoms with Crippen molar-refractivity contribution in [2.45, 2.75) is 99.0 Å². The van der Waals surface area contributed by atoms with Crippen molar-refractivity contribution >= 4 is 29.8 Å². The topological polar surface area (TPSA) is 164 Å². The van der Waals surface area contributed by atoms with Crippen LogP contribution in [-0.4, -0.2) is 50.0 Å². The first kappa shape index (κ1) is 31.6. The van der Waals surface area contributed by atoms with Crippen molar-refractivity contribution in [3.8, 4) is 0 Å². The number of rotatable bonds is 13. The summed E-state index contributed by atoms with van der Waals surface area (Å²) in [5.74, 6) is -1.94. The van der Waals surface area contributed by atoms with E-state index in [2.05, 4.69) is 20.6 Å². The Labute approximate surface area is 251 Å². The molecular formula is C33H42N4O6. The van der Waals surface area contributed by atoms with Gasteiger partial charge in [0.15, 0.2) is 0 Å². The smallest absolute Gasteiger partial charge is 0.303 e. The summed E-state index contributed by atoms with van der Waals surface area (Å²) in [6.07, 6.45) is 4.88. The van der Waals surface area contributed by atoms with Crippen LogP contribution in [0, 0.1) is 13.8 Å². The highest BCUT2D eigenvalue weighted by Gasteiger charge is 2.30. The Morgan fingerprint density at radius 1 is 0.791 bits per heavy atom. The summed E-state index contributed by atoms with van der Waals surface area (Å²) in [6, 6.07) is -0.127. The van der Waals surface area contributed by atoms with Crippen molar-refractivity contribution in [3.05, 3.63) is 73.0 Å². The van der Waals surface area contributed by atoms with Crippen molar-refractivity contribution in [1.29, 1.82) is 0 Å². The molecule has 0 spiro atoms. The molecule has 2 amide bonds. The second-order valence-electron chi connectivity index (χ2n) is 11.5. The van der Waals surface area contributed by atoms with E-state index in [4.69, 9.17) is 0 Å². The van der Waals surface area contributed by atoms with Crippen LogP contribution >= 0.6 is 0 Å². The summed E-state index contributed by atoms with van der Waals surface area (Å²) >= 11 is 0. The molecule has 2 aliphatic heterocycles. The van der Waals surface area contributed by atoms with Gasteiger partial charge in [0.05, 0.1) is 6.04 Å². The van der Waals surface area contributed by atoms with Crippen LogP contribution in [0.4, 0.5) is 0 Å². The molecule has 2 aromatic rings. The van der Waals surface area contributed by atoms with Gasteiger partial charge in [-0.15, -0.1) is 0 Å². The van der Waals surface area contributed by atoms with Gasteiger partial charge in [0, 0.05) is 65.3 Å². The minimum atomic E-state index is -0.894. The van der Waals surface area contributed by atoms with Crippen LogP contribution in [0.15, 0.2) is 28.0 Å². The molecule has 0 aromatic carbocycles. The summed E-state index contributed by atoms with van der Waals surface area (Å²) in [5, 5.41) is 24.9. The fourth-order valence-electron chi connectivity index (χ4n) is 6.44. The van der Waals surface area contributed by atoms with Crippen LogP contribution < -0.4 is 10.6 Å². The van der Waals surface area contributed by atoms with Gasteiger partial charge in [-0.25, -0.2) is 0 Å². The summed E-state index contributed by atoms with van der Waals surface area (Å²) in [7, 11) is 0. The van der Waals surface area contributed by atoms with E-state index >= 15 is 0 Å². The Morgan fingerprint density at radius 3 is 1.95 bits per heavy atom. The van der Waals surface area contributed by atoms with E-state index < -0.39 is 11.9 Å². The molecule has 2 aliphatic rings. The molecule has 10 nitrogen and oxygen atoms in total. The van der Waals surface area contributed by atoms with Crippen LogP contribution in [-0.2, 0) is 44.9 Å². The Morgan fingerprint density at radius 2 is 1.40 bits per heavy atom. The number of aliphatic carboxylic acids is 2. The Kier molecular flexibility index (Phi) is 9.47. The summed E-state index contributed by atoms with van der Waals surface area (Å²) in [4.78, 5) is 54.9. The van der Waals surface area contributed by atoms with Gasteiger partial charge in [0.1, 0.15) is 0 Å². The van der Waals surface area contributed by atoms with E-state index in [0.29, 0.717) is 32.1 Å². The fourth-order valence-corrected chi connectivity index (χ4v) is 6.44. The van der Waals surface area contributed by atoms with E-state index in [1.807, 2.05) is 47.6 Å². The maximum atomic E-state index is 12.4. The third-order valence-electron chi connectivity index (χ3n) is 8.97. The molecule has 1 atom stereocenters. The molecule has 10 heteroatoms. The fraction of sp³-hybridized carbons (Fsp3) is 0.455. The predicted octanol–water partition coefficient (Wildman–Crippen LogP) is 4.55. The monoisotopic (exact) mass is 590 g/mol. The summed E-state index contributed by atoms with van der Waals surface area (Å²) in [5.41, 5.74) is 11.3. The molecule has 0 bridgehead atoms. The van der Waals surface area contributed by atoms with Gasteiger partial charge in [-0.2, -0.15) is 0 Å². The number of amides is 2. The lowest BCUT2D eigenvalue weighted by atomic mass is 9.96. The highest BCUT2D eigenvalue weighted by molar-refractivity contribution is 6.01. The average Bonchev–Trinajstić information content (AvgIpc) is 3.59. The van der Waals surface area contributed by atoms with Crippen LogP contribution in [0.25, 0.3) is 6.08 Å². The van der Waals surface area contributed by atoms with Crippen LogP contribution in [0.3, 0.4) is 0 Å². The number of nitrogens with one attached hydrogen (secondary N) is 4. The number of carboxylic acid groups (broad SMARTS) is 2. The molecule has 4 heterocycles. The third kappa shape index (κ3) is 6.53. The lowest BCUT2D eigenvalue weighted by molar-refractivity contribution is -0.138. The standard InChI is InChI=1S/C33H42N4O6/c1-7-20-19(6)32(42)37-27(20)14-25-18(5)23(10-12-31(40)41)29(35-25)15-28-22(9-11-30(38)39)17(4)24(34-28)13-26-16(3)21(8-2)33(43)36-26/h13,27,34-35H,7-12,14-15H2,1-6H3,(H,36,43)(H,37,42)(H,38,39)(H,40,41)/b26-13-/t27-/m1/s1. The number of carboxylic acids is 2. The number of carbonyl (C=O) groups is 4. The van der Waals surface area contributed by atoms with E-state index in [-0.39, 0.29) is 30.7 Å². The van der Waals surface area contributed by atoms with Crippen LogP contribution in [0.2, 0.25) is 0 Å². The van der Waals surface area contributed by atoms with Crippen LogP contribution in [0.5, 0.6) is 0 Å². The number of allylic oxidation sites excluding steroid dienone is 1. The first-order valence-electron chi connectivity index (χ1n) is 14.9.